The molecule has 0 bridgehead atoms. The number of likely N-dealkylation sites (N-methyl/N-ethyl adjacent to an activating group) is 1. The van der Waals surface area contributed by atoms with Gasteiger partial charge in [-0.05, 0) is 42.6 Å². The summed E-state index contributed by atoms with van der Waals surface area (Å²) in [5, 5.41) is 21.0. The van der Waals surface area contributed by atoms with Crippen molar-refractivity contribution in [2.24, 2.45) is 0 Å². The van der Waals surface area contributed by atoms with Crippen molar-refractivity contribution >= 4 is 11.9 Å². The van der Waals surface area contributed by atoms with Crippen molar-refractivity contribution < 1.29 is 29.3 Å². The fourth-order valence-corrected chi connectivity index (χ4v) is 4.98. The van der Waals surface area contributed by atoms with E-state index < -0.39 is 12.3 Å². The van der Waals surface area contributed by atoms with E-state index in [4.69, 9.17) is 14.6 Å². The molecule has 3 N–H and O–H groups in total. The summed E-state index contributed by atoms with van der Waals surface area (Å²) in [6.07, 6.45) is 0.393. The normalized spacial score (nSPS) is 19.6. The van der Waals surface area contributed by atoms with Crippen molar-refractivity contribution in [3.8, 4) is 0 Å². The lowest BCUT2D eigenvalue weighted by Gasteiger charge is -2.39. The summed E-state index contributed by atoms with van der Waals surface area (Å²) in [5.74, 6) is -1.06. The van der Waals surface area contributed by atoms with Crippen LogP contribution >= 0.6 is 0 Å². The topological polar surface area (TPSA) is 108 Å². The summed E-state index contributed by atoms with van der Waals surface area (Å²) in [5.41, 5.74) is 4.97. The number of aliphatic hydroxyl groups is 1. The minimum atomic E-state index is -0.899. The van der Waals surface area contributed by atoms with E-state index in [1.807, 2.05) is 54.6 Å². The number of rotatable bonds is 13. The Hall–Kier alpha value is -3.56. The van der Waals surface area contributed by atoms with Gasteiger partial charge in [-0.15, -0.1) is 0 Å². The molecule has 0 aliphatic carbocycles. The molecule has 0 spiro atoms. The number of nitrogens with zero attached hydrogens (tertiary/aromatic N) is 1. The molecule has 8 heteroatoms. The first-order valence-corrected chi connectivity index (χ1v) is 14.2. The van der Waals surface area contributed by atoms with E-state index in [0.717, 1.165) is 28.8 Å². The molecular formula is C33H40N2O6. The molecule has 41 heavy (non-hydrogen) atoms. The first-order valence-electron chi connectivity index (χ1n) is 14.2. The molecule has 4 rings (SSSR count). The Morgan fingerprint density at radius 1 is 0.927 bits per heavy atom. The van der Waals surface area contributed by atoms with Crippen LogP contribution < -0.4 is 5.32 Å². The molecule has 1 amide bonds. The summed E-state index contributed by atoms with van der Waals surface area (Å²) < 4.78 is 13.0. The minimum Gasteiger partial charge on any atom is -0.481 e. The standard InChI is InChI=1S/C33H40N2O6/c1-23(26-7-4-3-5-8-26)35(2)21-29-19-30(27-15-13-25(22-36)14-16-27)41-33(40-29)28-17-11-24(12-18-28)20-34-31(37)9-6-10-32(38)39/h3-5,7-8,11-18,23,29-30,33,36H,6,9-10,19-22H2,1-2H3,(H,34,37)(H,38,39). The van der Waals surface area contributed by atoms with Gasteiger partial charge in [0, 0.05) is 44.0 Å². The molecule has 218 valence electrons. The lowest BCUT2D eigenvalue weighted by atomic mass is 9.99. The maximum Gasteiger partial charge on any atom is 0.303 e. The number of nitrogens with one attached hydrogen (secondary N) is 1. The van der Waals surface area contributed by atoms with Gasteiger partial charge in [-0.1, -0.05) is 78.9 Å². The van der Waals surface area contributed by atoms with Crippen LogP contribution in [0.15, 0.2) is 78.9 Å². The molecule has 4 unspecified atom stereocenters. The quantitative estimate of drug-likeness (QED) is 0.261. The first kappa shape index (κ1) is 30.4. The minimum absolute atomic E-state index is 0.00251. The highest BCUT2D eigenvalue weighted by molar-refractivity contribution is 5.76. The Balaban J connectivity index is 1.43. The monoisotopic (exact) mass is 560 g/mol. The van der Waals surface area contributed by atoms with Crippen LogP contribution in [0.5, 0.6) is 0 Å². The Labute approximate surface area is 241 Å². The molecule has 8 nitrogen and oxygen atoms in total. The van der Waals surface area contributed by atoms with Crippen LogP contribution in [-0.4, -0.2) is 46.7 Å². The fourth-order valence-electron chi connectivity index (χ4n) is 4.98. The van der Waals surface area contributed by atoms with Crippen molar-refractivity contribution in [3.05, 3.63) is 107 Å². The number of carboxylic acid groups (broad SMARTS) is 1. The van der Waals surface area contributed by atoms with Gasteiger partial charge >= 0.3 is 5.97 Å². The first-order chi connectivity index (χ1) is 19.8. The van der Waals surface area contributed by atoms with Crippen molar-refractivity contribution in [1.82, 2.24) is 10.2 Å². The van der Waals surface area contributed by atoms with Crippen LogP contribution in [0.1, 0.15) is 78.9 Å². The predicted octanol–water partition coefficient (Wildman–Crippen LogP) is 5.29. The number of carbonyl (C=O) groups excluding carboxylic acids is 1. The second kappa shape index (κ2) is 14.9. The van der Waals surface area contributed by atoms with E-state index in [2.05, 4.69) is 48.5 Å². The second-order valence-electron chi connectivity index (χ2n) is 10.6. The number of hydrogen-bond acceptors (Lipinski definition) is 6. The molecule has 3 aromatic rings. The van der Waals surface area contributed by atoms with Gasteiger partial charge in [0.2, 0.25) is 5.91 Å². The average molecular weight is 561 g/mol. The highest BCUT2D eigenvalue weighted by atomic mass is 16.7. The number of carbonyl (C=O) groups is 2. The van der Waals surface area contributed by atoms with Crippen LogP contribution in [0.3, 0.4) is 0 Å². The molecule has 1 heterocycles. The van der Waals surface area contributed by atoms with Gasteiger partial charge in [0.1, 0.15) is 0 Å². The van der Waals surface area contributed by atoms with Crippen LogP contribution in [0.25, 0.3) is 0 Å². The summed E-state index contributed by atoms with van der Waals surface area (Å²) >= 11 is 0. The van der Waals surface area contributed by atoms with Gasteiger partial charge in [0.05, 0.1) is 18.8 Å². The molecule has 1 aliphatic heterocycles. The summed E-state index contributed by atoms with van der Waals surface area (Å²) in [6, 6.07) is 26.3. The van der Waals surface area contributed by atoms with Crippen molar-refractivity contribution in [3.63, 3.8) is 0 Å². The Morgan fingerprint density at radius 2 is 1.59 bits per heavy atom. The molecule has 3 aromatic carbocycles. The number of aliphatic carboxylic acids is 1. The summed E-state index contributed by atoms with van der Waals surface area (Å²) in [7, 11) is 2.11. The maximum atomic E-state index is 12.0. The van der Waals surface area contributed by atoms with E-state index in [1.165, 1.54) is 5.56 Å². The molecule has 1 fully saturated rings. The summed E-state index contributed by atoms with van der Waals surface area (Å²) in [6.45, 7) is 3.29. The third kappa shape index (κ3) is 8.96. The second-order valence-corrected chi connectivity index (χ2v) is 10.6. The molecule has 4 atom stereocenters. The van der Waals surface area contributed by atoms with Crippen LogP contribution in [0, 0.1) is 0 Å². The van der Waals surface area contributed by atoms with Crippen molar-refractivity contribution in [1.29, 1.82) is 0 Å². The highest BCUT2D eigenvalue weighted by Gasteiger charge is 2.33. The molecule has 0 saturated carbocycles. The third-order valence-corrected chi connectivity index (χ3v) is 7.59. The number of hydrogen-bond donors (Lipinski definition) is 3. The Morgan fingerprint density at radius 3 is 2.24 bits per heavy atom. The Bertz CT molecular complexity index is 1250. The third-order valence-electron chi connectivity index (χ3n) is 7.59. The van der Waals surface area contributed by atoms with Crippen LogP contribution in [0.2, 0.25) is 0 Å². The Kier molecular flexibility index (Phi) is 11.0. The van der Waals surface area contributed by atoms with Gasteiger partial charge in [0.15, 0.2) is 6.29 Å². The zero-order valence-electron chi connectivity index (χ0n) is 23.7. The summed E-state index contributed by atoms with van der Waals surface area (Å²) in [4.78, 5) is 25.0. The van der Waals surface area contributed by atoms with Crippen LogP contribution in [-0.2, 0) is 32.2 Å². The number of ether oxygens (including phenoxy) is 2. The van der Waals surface area contributed by atoms with E-state index in [9.17, 15) is 14.7 Å². The largest absolute Gasteiger partial charge is 0.481 e. The molecule has 0 aromatic heterocycles. The SMILES string of the molecule is CC(c1ccccc1)N(C)CC1CC(c2ccc(CO)cc2)OC(c2ccc(CNC(=O)CCCC(=O)O)cc2)O1. The number of amides is 1. The van der Waals surface area contributed by atoms with E-state index in [0.29, 0.717) is 19.4 Å². The smallest absolute Gasteiger partial charge is 0.303 e. The fraction of sp³-hybridized carbons (Fsp3) is 0.394. The lowest BCUT2D eigenvalue weighted by molar-refractivity contribution is -0.253. The molecule has 1 aliphatic rings. The lowest BCUT2D eigenvalue weighted by Crippen LogP contribution is -2.38. The molecule has 0 radical (unpaired) electrons. The number of aliphatic hydroxyl groups excluding tert-OH is 1. The predicted molar refractivity (Wildman–Crippen MR) is 156 cm³/mol. The average Bonchev–Trinajstić information content (AvgIpc) is 3.00. The van der Waals surface area contributed by atoms with E-state index >= 15 is 0 Å². The van der Waals surface area contributed by atoms with Gasteiger partial charge in [-0.25, -0.2) is 0 Å². The van der Waals surface area contributed by atoms with E-state index in [-0.39, 0.29) is 43.6 Å². The maximum absolute atomic E-state index is 12.0. The van der Waals surface area contributed by atoms with Crippen molar-refractivity contribution in [2.45, 2.75) is 70.3 Å². The van der Waals surface area contributed by atoms with Gasteiger partial charge in [0.25, 0.3) is 0 Å². The van der Waals surface area contributed by atoms with Gasteiger partial charge in [-0.2, -0.15) is 0 Å². The zero-order valence-corrected chi connectivity index (χ0v) is 23.7. The van der Waals surface area contributed by atoms with Gasteiger partial charge in [-0.3, -0.25) is 14.5 Å². The van der Waals surface area contributed by atoms with Crippen molar-refractivity contribution in [2.75, 3.05) is 13.6 Å². The number of benzene rings is 3. The van der Waals surface area contributed by atoms with E-state index in [1.54, 1.807) is 0 Å². The van der Waals surface area contributed by atoms with Gasteiger partial charge < -0.3 is 25.0 Å². The highest BCUT2D eigenvalue weighted by Crippen LogP contribution is 2.38. The zero-order chi connectivity index (χ0) is 29.2. The van der Waals surface area contributed by atoms with Crippen LogP contribution in [0.4, 0.5) is 0 Å². The molecular weight excluding hydrogens is 520 g/mol. The number of carboxylic acids is 1. The molecule has 1 saturated heterocycles.